The Morgan fingerprint density at radius 3 is 1.14 bits per heavy atom. The van der Waals surface area contributed by atoms with Crippen LogP contribution >= 0.6 is 0 Å². The molecule has 0 aromatic carbocycles. The maximum Gasteiger partial charge on any atom is 0.187 e. The van der Waals surface area contributed by atoms with Crippen LogP contribution in [0, 0.1) is 23.7 Å². The van der Waals surface area contributed by atoms with Crippen molar-refractivity contribution < 1.29 is 137 Å². The fourth-order valence-corrected chi connectivity index (χ4v) is 10.0. The highest BCUT2D eigenvalue weighted by Crippen LogP contribution is 2.34. The number of hydrogen-bond donors (Lipinski definition) is 12. The Hall–Kier alpha value is -1.70. The summed E-state index contributed by atoms with van der Waals surface area (Å²) in [5, 5.41) is 129. The van der Waals surface area contributed by atoms with Crippen molar-refractivity contribution in [2.45, 2.75) is 160 Å². The molecule has 0 spiro atoms. The molecule has 28 heteroatoms. The first-order chi connectivity index (χ1) is 35.0. The van der Waals surface area contributed by atoms with Crippen molar-refractivity contribution in [3.63, 3.8) is 0 Å². The average Bonchev–Trinajstić information content (AvgIpc) is 3.94. The molecule has 7 aliphatic rings. The normalized spacial score (nSPS) is 48.5. The summed E-state index contributed by atoms with van der Waals surface area (Å²) in [4.78, 5) is 22.9. The highest BCUT2D eigenvalue weighted by atomic mass is 16.7. The lowest BCUT2D eigenvalue weighted by Gasteiger charge is -2.43. The number of ether oxygens (including phenoxy) is 14. The van der Waals surface area contributed by atoms with Gasteiger partial charge in [0.15, 0.2) is 31.4 Å². The van der Waals surface area contributed by atoms with Crippen LogP contribution in [0.4, 0.5) is 0 Å². The largest absolute Gasteiger partial charge is 0.394 e. The van der Waals surface area contributed by atoms with E-state index in [1.165, 1.54) is 7.11 Å². The van der Waals surface area contributed by atoms with Crippen molar-refractivity contribution in [2.24, 2.45) is 23.7 Å². The molecule has 73 heavy (non-hydrogen) atoms. The molecule has 0 aliphatic carbocycles. The van der Waals surface area contributed by atoms with Crippen LogP contribution in [0.15, 0.2) is 0 Å². The van der Waals surface area contributed by atoms with Gasteiger partial charge in [-0.1, -0.05) is 6.92 Å². The van der Waals surface area contributed by atoms with Gasteiger partial charge >= 0.3 is 0 Å². The van der Waals surface area contributed by atoms with Gasteiger partial charge in [-0.05, 0) is 6.42 Å². The van der Waals surface area contributed by atoms with E-state index >= 15 is 0 Å². The van der Waals surface area contributed by atoms with Gasteiger partial charge in [0.05, 0.1) is 104 Å². The van der Waals surface area contributed by atoms with E-state index in [-0.39, 0.29) is 78.6 Å². The lowest BCUT2D eigenvalue weighted by molar-refractivity contribution is -0.279. The van der Waals surface area contributed by atoms with Gasteiger partial charge in [0.1, 0.15) is 104 Å². The van der Waals surface area contributed by atoms with E-state index in [4.69, 9.17) is 66.3 Å². The molecule has 7 saturated heterocycles. The van der Waals surface area contributed by atoms with Gasteiger partial charge < -0.3 is 137 Å². The molecule has 9 unspecified atom stereocenters. The van der Waals surface area contributed by atoms with Crippen molar-refractivity contribution in [1.82, 2.24) is 0 Å². The molecule has 0 aromatic rings. The molecule has 0 radical (unpaired) electrons. The van der Waals surface area contributed by atoms with E-state index in [1.807, 2.05) is 6.92 Å². The molecule has 0 aromatic heterocycles. The molecule has 28 nitrogen and oxygen atoms in total. The summed E-state index contributed by atoms with van der Waals surface area (Å²) in [6.07, 6.45) is -31.3. The number of hydrogen-bond acceptors (Lipinski definition) is 28. The quantitative estimate of drug-likeness (QED) is 0.0400. The summed E-state index contributed by atoms with van der Waals surface area (Å²) in [6.45, 7) is -0.236. The lowest BCUT2D eigenvalue weighted by atomic mass is 9.90. The van der Waals surface area contributed by atoms with Crippen molar-refractivity contribution in [1.29, 1.82) is 0 Å². The third-order valence-electron chi connectivity index (χ3n) is 14.7. The molecule has 0 bridgehead atoms. The second-order valence-electron chi connectivity index (χ2n) is 19.6. The molecule has 7 rings (SSSR count). The third kappa shape index (κ3) is 13.6. The number of methoxy groups -OCH3 is 1. The molecule has 12 N–H and O–H groups in total. The van der Waals surface area contributed by atoms with E-state index < -0.39 is 171 Å². The van der Waals surface area contributed by atoms with Crippen molar-refractivity contribution >= 4 is 12.6 Å². The second kappa shape index (κ2) is 27.3. The zero-order valence-electron chi connectivity index (χ0n) is 40.4. The van der Waals surface area contributed by atoms with E-state index in [0.29, 0.717) is 19.0 Å². The van der Waals surface area contributed by atoms with Crippen LogP contribution in [0.5, 0.6) is 0 Å². The molecule has 7 aliphatic heterocycles. The van der Waals surface area contributed by atoms with Crippen molar-refractivity contribution in [3.8, 4) is 0 Å². The van der Waals surface area contributed by atoms with Crippen LogP contribution in [0.25, 0.3) is 0 Å². The van der Waals surface area contributed by atoms with Gasteiger partial charge in [-0.25, -0.2) is 0 Å². The molecule has 7 fully saturated rings. The summed E-state index contributed by atoms with van der Waals surface area (Å²) in [5.41, 5.74) is 0. The molecule has 7 heterocycles. The van der Waals surface area contributed by atoms with Crippen LogP contribution < -0.4 is 0 Å². The lowest BCUT2D eigenvalue weighted by Crippen LogP contribution is -2.57. The van der Waals surface area contributed by atoms with Crippen LogP contribution in [-0.2, 0) is 75.9 Å². The molecule has 0 saturated carbocycles. The summed E-state index contributed by atoms with van der Waals surface area (Å²) in [5.74, 6) is -2.72. The monoisotopic (exact) mass is 1060 g/mol. The predicted octanol–water partition coefficient (Wildman–Crippen LogP) is -8.16. The first-order valence-corrected chi connectivity index (χ1v) is 24.7. The Morgan fingerprint density at radius 1 is 0.411 bits per heavy atom. The zero-order chi connectivity index (χ0) is 52.7. The first-order valence-electron chi connectivity index (χ1n) is 24.7. The van der Waals surface area contributed by atoms with Gasteiger partial charge in [-0.15, -0.1) is 0 Å². The molecular formula is C45H74O28. The number of aliphatic hydroxyl groups is 12. The number of rotatable bonds is 24. The van der Waals surface area contributed by atoms with Crippen LogP contribution in [0.1, 0.15) is 13.3 Å². The molecular weight excluding hydrogens is 988 g/mol. The van der Waals surface area contributed by atoms with E-state index in [9.17, 15) is 70.9 Å². The fraction of sp³-hybridized carbons (Fsp3) is 0.956. The fourth-order valence-electron chi connectivity index (χ4n) is 10.0. The minimum atomic E-state index is -1.69. The van der Waals surface area contributed by atoms with Crippen LogP contribution in [0.2, 0.25) is 0 Å². The Morgan fingerprint density at radius 2 is 0.767 bits per heavy atom. The highest BCUT2D eigenvalue weighted by Gasteiger charge is 2.52. The van der Waals surface area contributed by atoms with Gasteiger partial charge in [0, 0.05) is 30.8 Å². The number of aldehydes is 2. The molecule has 0 amide bonds. The summed E-state index contributed by atoms with van der Waals surface area (Å²) in [6, 6.07) is 0. The summed E-state index contributed by atoms with van der Waals surface area (Å²) < 4.78 is 81.1. The first kappa shape index (κ1) is 59.0. The van der Waals surface area contributed by atoms with Gasteiger partial charge in [-0.2, -0.15) is 0 Å². The van der Waals surface area contributed by atoms with Crippen LogP contribution in [0.3, 0.4) is 0 Å². The number of carbonyl (C=O) groups excluding carboxylic acids is 2. The average molecular weight is 1060 g/mol. The maximum absolute atomic E-state index is 11.8. The Balaban J connectivity index is 0.973. The zero-order valence-corrected chi connectivity index (χ0v) is 40.4. The summed E-state index contributed by atoms with van der Waals surface area (Å²) in [7, 11) is 1.43. The van der Waals surface area contributed by atoms with E-state index in [2.05, 4.69) is 0 Å². The Kier molecular flexibility index (Phi) is 22.0. The summed E-state index contributed by atoms with van der Waals surface area (Å²) >= 11 is 0. The smallest absolute Gasteiger partial charge is 0.187 e. The third-order valence-corrected chi connectivity index (χ3v) is 14.7. The van der Waals surface area contributed by atoms with Crippen molar-refractivity contribution in [2.75, 3.05) is 86.4 Å². The highest BCUT2D eigenvalue weighted by molar-refractivity contribution is 5.58. The van der Waals surface area contributed by atoms with E-state index in [0.717, 1.165) is 0 Å². The Bertz CT molecular complexity index is 1670. The maximum atomic E-state index is 11.8. The topological polar surface area (TPSA) is 406 Å². The van der Waals surface area contributed by atoms with Crippen LogP contribution in [-0.4, -0.2) is 307 Å². The van der Waals surface area contributed by atoms with Crippen molar-refractivity contribution in [3.05, 3.63) is 0 Å². The predicted molar refractivity (Wildman–Crippen MR) is 233 cm³/mol. The minimum absolute atomic E-state index is 0.0367. The number of aliphatic hydroxyl groups excluding tert-OH is 12. The van der Waals surface area contributed by atoms with E-state index in [1.54, 1.807) is 0 Å². The second-order valence-corrected chi connectivity index (χ2v) is 19.6. The van der Waals surface area contributed by atoms with Gasteiger partial charge in [0.2, 0.25) is 0 Å². The Labute approximate surface area is 419 Å². The number of carbonyl (C=O) groups is 2. The molecule has 422 valence electrons. The van der Waals surface area contributed by atoms with Gasteiger partial charge in [-0.3, -0.25) is 0 Å². The van der Waals surface area contributed by atoms with Gasteiger partial charge in [0.25, 0.3) is 0 Å². The SMILES string of the molecule is CC[C@@H]1CO[C@@H](COC[C@@H]2CO[C@@H](COC[C@@H]3CO[C@@H](COC[C@@H]4CO[C@@H](COC)C(O)C4O)C(O[C@@H]4O[C@@H](C=O)C(O)[C@@H]4O)[C@@H]3O)C(O[C@@H]3O[C@@H](CO)[C@@H](O)C3O)C2O)C(O[C@@H]2O[C@@H](C=O)C(O)[C@@H]2O)[C@@H]1O. The molecule has 28 atom stereocenters. The standard InChI is InChI=1S/C45H74O28/c1-3-18-10-65-26(40(30(18)50)71-43-37(57)33(53)22(4-46)68-43)15-62-8-20-13-67-28(42(32(20)52)73-45-39(59)35(55)24(6-48)70-45)17-63-9-21-12-66-27(16-61-7-19-11-64-25(14-60-2)36(56)29(19)49)41(31(21)51)72-44-38(58)34(54)23(5-47)69-44/h4-5,18-45,48-59H,3,6-17H2,1-2H3/t18-,19-,20-,21-,22+,23+,24+,25+,26+,27+,28+,29?,30-,31-,32?,33?,34?,35-,36?,37+,38+,39?,40?,41?,42?,43+,44+,45+/m1/s1. The minimum Gasteiger partial charge on any atom is -0.394 e.